The number of rotatable bonds is 3. The molecule has 2 atom stereocenters. The molecule has 0 bridgehead atoms. The Hall–Kier alpha value is -1.38. The van der Waals surface area contributed by atoms with E-state index in [-0.39, 0.29) is 6.04 Å². The maximum atomic E-state index is 11.8. The van der Waals surface area contributed by atoms with Crippen molar-refractivity contribution in [2.24, 2.45) is 0 Å². The minimum Gasteiger partial charge on any atom is -0.211 e. The van der Waals surface area contributed by atoms with E-state index in [1.807, 2.05) is 18.2 Å². The van der Waals surface area contributed by atoms with E-state index in [9.17, 15) is 8.42 Å². The van der Waals surface area contributed by atoms with Crippen LogP contribution in [-0.2, 0) is 22.9 Å². The SMILES string of the molecule is CC(C#N)S(=O)(=O)NC1CCc2ccccc2C1. The van der Waals surface area contributed by atoms with Crippen molar-refractivity contribution in [1.29, 1.82) is 5.26 Å². The molecule has 1 aliphatic rings. The van der Waals surface area contributed by atoms with Gasteiger partial charge in [-0.1, -0.05) is 24.3 Å². The summed E-state index contributed by atoms with van der Waals surface area (Å²) in [6.45, 7) is 1.40. The molecule has 0 aliphatic heterocycles. The van der Waals surface area contributed by atoms with Crippen molar-refractivity contribution in [3.05, 3.63) is 35.4 Å². The Morgan fingerprint density at radius 3 is 2.72 bits per heavy atom. The van der Waals surface area contributed by atoms with Crippen LogP contribution in [0.4, 0.5) is 0 Å². The second kappa shape index (κ2) is 5.09. The summed E-state index contributed by atoms with van der Waals surface area (Å²) in [6, 6.07) is 9.75. The first-order valence-corrected chi connectivity index (χ1v) is 7.55. The van der Waals surface area contributed by atoms with E-state index in [0.29, 0.717) is 6.42 Å². The summed E-state index contributed by atoms with van der Waals surface area (Å²) in [5, 5.41) is 7.68. The van der Waals surface area contributed by atoms with Crippen molar-refractivity contribution < 1.29 is 8.42 Å². The van der Waals surface area contributed by atoms with E-state index >= 15 is 0 Å². The highest BCUT2D eigenvalue weighted by atomic mass is 32.2. The van der Waals surface area contributed by atoms with Gasteiger partial charge < -0.3 is 0 Å². The van der Waals surface area contributed by atoms with Gasteiger partial charge >= 0.3 is 0 Å². The molecule has 0 aromatic heterocycles. The van der Waals surface area contributed by atoms with Gasteiger partial charge in [-0.15, -0.1) is 0 Å². The van der Waals surface area contributed by atoms with E-state index < -0.39 is 15.3 Å². The lowest BCUT2D eigenvalue weighted by molar-refractivity contribution is 0.505. The van der Waals surface area contributed by atoms with Crippen LogP contribution >= 0.6 is 0 Å². The Morgan fingerprint density at radius 2 is 2.06 bits per heavy atom. The molecule has 1 aromatic carbocycles. The number of hydrogen-bond donors (Lipinski definition) is 1. The molecule has 96 valence electrons. The van der Waals surface area contributed by atoms with Gasteiger partial charge in [0.25, 0.3) is 0 Å². The largest absolute Gasteiger partial charge is 0.227 e. The first-order chi connectivity index (χ1) is 8.53. The molecular weight excluding hydrogens is 248 g/mol. The molecule has 0 saturated heterocycles. The minimum absolute atomic E-state index is 0.0966. The van der Waals surface area contributed by atoms with Crippen LogP contribution in [0, 0.1) is 11.3 Å². The summed E-state index contributed by atoms with van der Waals surface area (Å²) in [7, 11) is -3.52. The predicted molar refractivity (Wildman–Crippen MR) is 69.4 cm³/mol. The average molecular weight is 264 g/mol. The van der Waals surface area contributed by atoms with Crippen LogP contribution in [0.25, 0.3) is 0 Å². The molecule has 0 radical (unpaired) electrons. The second-order valence-corrected chi connectivity index (χ2v) is 6.68. The van der Waals surface area contributed by atoms with Gasteiger partial charge in [0.05, 0.1) is 6.07 Å². The first kappa shape index (κ1) is 13.1. The molecule has 0 amide bonds. The number of fused-ring (bicyclic) bond motifs is 1. The van der Waals surface area contributed by atoms with Crippen molar-refractivity contribution in [3.8, 4) is 6.07 Å². The normalized spacial score (nSPS) is 20.8. The molecule has 5 heteroatoms. The Bertz CT molecular complexity index is 575. The molecule has 2 rings (SSSR count). The van der Waals surface area contributed by atoms with Gasteiger partial charge in [-0.05, 0) is 37.3 Å². The van der Waals surface area contributed by atoms with Gasteiger partial charge in [-0.3, -0.25) is 0 Å². The Labute approximate surface area is 108 Å². The molecule has 0 spiro atoms. The highest BCUT2D eigenvalue weighted by Gasteiger charge is 2.26. The van der Waals surface area contributed by atoms with E-state index in [1.165, 1.54) is 18.1 Å². The summed E-state index contributed by atoms with van der Waals surface area (Å²) < 4.78 is 26.3. The van der Waals surface area contributed by atoms with Crippen LogP contribution in [-0.4, -0.2) is 19.7 Å². The number of aryl methyl sites for hydroxylation is 1. The molecule has 18 heavy (non-hydrogen) atoms. The Balaban J connectivity index is 2.09. The summed E-state index contributed by atoms with van der Waals surface area (Å²) in [5.74, 6) is 0. The summed E-state index contributed by atoms with van der Waals surface area (Å²) in [5.41, 5.74) is 2.49. The monoisotopic (exact) mass is 264 g/mol. The maximum Gasteiger partial charge on any atom is 0.227 e. The van der Waals surface area contributed by atoms with E-state index in [4.69, 9.17) is 5.26 Å². The zero-order valence-electron chi connectivity index (χ0n) is 10.3. The molecular formula is C13H16N2O2S. The van der Waals surface area contributed by atoms with Crippen molar-refractivity contribution in [2.45, 2.75) is 37.5 Å². The number of nitrogens with one attached hydrogen (secondary N) is 1. The van der Waals surface area contributed by atoms with Gasteiger partial charge in [0.15, 0.2) is 5.25 Å². The average Bonchev–Trinajstić information content (AvgIpc) is 2.37. The van der Waals surface area contributed by atoms with Gasteiger partial charge in [-0.25, -0.2) is 13.1 Å². The van der Waals surface area contributed by atoms with Crippen molar-refractivity contribution in [1.82, 2.24) is 4.72 Å². The number of nitriles is 1. The Kier molecular flexibility index (Phi) is 3.69. The number of sulfonamides is 1. The molecule has 4 nitrogen and oxygen atoms in total. The van der Waals surface area contributed by atoms with Gasteiger partial charge in [-0.2, -0.15) is 5.26 Å². The number of benzene rings is 1. The van der Waals surface area contributed by atoms with Gasteiger partial charge in [0, 0.05) is 6.04 Å². The topological polar surface area (TPSA) is 70.0 Å². The van der Waals surface area contributed by atoms with Gasteiger partial charge in [0.1, 0.15) is 0 Å². The molecule has 0 saturated carbocycles. The Morgan fingerprint density at radius 1 is 1.39 bits per heavy atom. The third kappa shape index (κ3) is 2.71. The first-order valence-electron chi connectivity index (χ1n) is 6.00. The van der Waals surface area contributed by atoms with Crippen LogP contribution in [0.1, 0.15) is 24.5 Å². The number of nitrogens with zero attached hydrogens (tertiary/aromatic N) is 1. The quantitative estimate of drug-likeness (QED) is 0.896. The smallest absolute Gasteiger partial charge is 0.211 e. The predicted octanol–water partition coefficient (Wildman–Crippen LogP) is 1.38. The zero-order chi connectivity index (χ0) is 13.2. The molecule has 0 heterocycles. The van der Waals surface area contributed by atoms with Crippen LogP contribution in [0.15, 0.2) is 24.3 Å². The lowest BCUT2D eigenvalue weighted by Crippen LogP contribution is -2.42. The fourth-order valence-electron chi connectivity index (χ4n) is 2.20. The van der Waals surface area contributed by atoms with Crippen LogP contribution in [0.2, 0.25) is 0 Å². The van der Waals surface area contributed by atoms with Gasteiger partial charge in [0.2, 0.25) is 10.0 Å². The third-order valence-corrected chi connectivity index (χ3v) is 5.02. The molecule has 2 unspecified atom stereocenters. The highest BCUT2D eigenvalue weighted by Crippen LogP contribution is 2.21. The molecule has 1 N–H and O–H groups in total. The second-order valence-electron chi connectivity index (χ2n) is 4.64. The van der Waals surface area contributed by atoms with Crippen molar-refractivity contribution in [2.75, 3.05) is 0 Å². The summed E-state index contributed by atoms with van der Waals surface area (Å²) in [4.78, 5) is 0. The standard InChI is InChI=1S/C13H16N2O2S/c1-10(9-14)18(16,17)15-13-7-6-11-4-2-3-5-12(11)8-13/h2-5,10,13,15H,6-8H2,1H3. The van der Waals surface area contributed by atoms with E-state index in [1.54, 1.807) is 6.07 Å². The molecule has 1 aromatic rings. The molecule has 0 fully saturated rings. The fourth-order valence-corrected chi connectivity index (χ4v) is 3.21. The highest BCUT2D eigenvalue weighted by molar-refractivity contribution is 7.90. The third-order valence-electron chi connectivity index (χ3n) is 3.33. The van der Waals surface area contributed by atoms with Crippen LogP contribution in [0.3, 0.4) is 0 Å². The lowest BCUT2D eigenvalue weighted by Gasteiger charge is -2.25. The summed E-state index contributed by atoms with van der Waals surface area (Å²) >= 11 is 0. The van der Waals surface area contributed by atoms with Crippen LogP contribution in [0.5, 0.6) is 0 Å². The zero-order valence-corrected chi connectivity index (χ0v) is 11.1. The minimum atomic E-state index is -3.52. The molecule has 1 aliphatic carbocycles. The van der Waals surface area contributed by atoms with Crippen LogP contribution < -0.4 is 4.72 Å². The van der Waals surface area contributed by atoms with Crippen molar-refractivity contribution in [3.63, 3.8) is 0 Å². The van der Waals surface area contributed by atoms with Crippen molar-refractivity contribution >= 4 is 10.0 Å². The lowest BCUT2D eigenvalue weighted by atomic mass is 9.89. The summed E-state index contributed by atoms with van der Waals surface area (Å²) in [6.07, 6.45) is 2.37. The number of hydrogen-bond acceptors (Lipinski definition) is 3. The van der Waals surface area contributed by atoms with E-state index in [2.05, 4.69) is 10.8 Å². The fraction of sp³-hybridized carbons (Fsp3) is 0.462. The van der Waals surface area contributed by atoms with E-state index in [0.717, 1.165) is 12.8 Å². The maximum absolute atomic E-state index is 11.8.